The van der Waals surface area contributed by atoms with Crippen LogP contribution in [0.2, 0.25) is 0 Å². The summed E-state index contributed by atoms with van der Waals surface area (Å²) in [5.74, 6) is -2.02. The van der Waals surface area contributed by atoms with E-state index in [1.165, 1.54) is 6.08 Å². The summed E-state index contributed by atoms with van der Waals surface area (Å²) in [5.41, 5.74) is -0.223. The third kappa shape index (κ3) is 3.58. The summed E-state index contributed by atoms with van der Waals surface area (Å²) in [4.78, 5) is 24.5. The van der Waals surface area contributed by atoms with Gasteiger partial charge in [-0.3, -0.25) is 9.59 Å². The van der Waals surface area contributed by atoms with Crippen molar-refractivity contribution in [2.24, 2.45) is 5.92 Å². The number of esters is 1. The highest BCUT2D eigenvalue weighted by Gasteiger charge is 2.46. The maximum absolute atomic E-state index is 12.3. The van der Waals surface area contributed by atoms with E-state index >= 15 is 0 Å². The molecule has 1 aliphatic rings. The van der Waals surface area contributed by atoms with Crippen molar-refractivity contribution in [2.45, 2.75) is 31.3 Å². The fraction of sp³-hybridized carbons (Fsp3) is 0.412. The molecule has 0 amide bonds. The summed E-state index contributed by atoms with van der Waals surface area (Å²) in [7, 11) is 0. The molecule has 112 valence electrons. The van der Waals surface area contributed by atoms with Crippen molar-refractivity contribution < 1.29 is 19.4 Å². The van der Waals surface area contributed by atoms with Gasteiger partial charge in [-0.25, -0.2) is 0 Å². The molecule has 0 aliphatic heterocycles. The lowest BCUT2D eigenvalue weighted by Gasteiger charge is -2.37. The Hall–Kier alpha value is -1.94. The molecule has 0 bridgehead atoms. The van der Waals surface area contributed by atoms with E-state index in [0.717, 1.165) is 5.56 Å². The molecule has 1 saturated carbocycles. The normalized spacial score (nSPS) is 29.0. The van der Waals surface area contributed by atoms with Crippen molar-refractivity contribution >= 4 is 11.8 Å². The van der Waals surface area contributed by atoms with Crippen LogP contribution in [0.1, 0.15) is 31.2 Å². The lowest BCUT2D eigenvalue weighted by Crippen LogP contribution is -2.45. The third-order valence-corrected chi connectivity index (χ3v) is 3.79. The molecule has 3 atom stereocenters. The number of ketones is 1. The average Bonchev–Trinajstić information content (AvgIpc) is 2.44. The monoisotopic (exact) mass is 288 g/mol. The molecule has 0 spiro atoms. The summed E-state index contributed by atoms with van der Waals surface area (Å²) in [6.45, 7) is 5.21. The number of ether oxygens (including phenoxy) is 1. The van der Waals surface area contributed by atoms with E-state index in [9.17, 15) is 14.7 Å². The van der Waals surface area contributed by atoms with Crippen LogP contribution in [-0.4, -0.2) is 29.1 Å². The number of carbonyl (C=O) groups excluding carboxylic acids is 2. The van der Waals surface area contributed by atoms with Gasteiger partial charge in [-0.2, -0.15) is 0 Å². The summed E-state index contributed by atoms with van der Waals surface area (Å²) in [6, 6.07) is 9.32. The van der Waals surface area contributed by atoms with Gasteiger partial charge >= 0.3 is 5.97 Å². The van der Waals surface area contributed by atoms with Gasteiger partial charge in [-0.05, 0) is 18.9 Å². The third-order valence-electron chi connectivity index (χ3n) is 3.79. The quantitative estimate of drug-likeness (QED) is 0.524. The fourth-order valence-corrected chi connectivity index (χ4v) is 2.91. The van der Waals surface area contributed by atoms with Crippen LogP contribution >= 0.6 is 0 Å². The number of hydrogen-bond acceptors (Lipinski definition) is 4. The first-order valence-electron chi connectivity index (χ1n) is 7.02. The first-order valence-corrected chi connectivity index (χ1v) is 7.02. The van der Waals surface area contributed by atoms with Crippen LogP contribution in [0.4, 0.5) is 0 Å². The van der Waals surface area contributed by atoms with E-state index < -0.39 is 17.5 Å². The summed E-state index contributed by atoms with van der Waals surface area (Å²) >= 11 is 0. The number of Topliss-reactive ketones (excluding diaryl/α,β-unsaturated/α-hetero) is 1. The fourth-order valence-electron chi connectivity index (χ4n) is 2.91. The van der Waals surface area contributed by atoms with E-state index in [2.05, 4.69) is 6.58 Å². The van der Waals surface area contributed by atoms with E-state index in [4.69, 9.17) is 4.74 Å². The van der Waals surface area contributed by atoms with Gasteiger partial charge in [-0.15, -0.1) is 0 Å². The molecule has 0 aromatic heterocycles. The zero-order valence-electron chi connectivity index (χ0n) is 12.1. The molecule has 2 rings (SSSR count). The van der Waals surface area contributed by atoms with E-state index in [-0.39, 0.29) is 24.7 Å². The summed E-state index contributed by atoms with van der Waals surface area (Å²) < 4.78 is 5.06. The van der Waals surface area contributed by atoms with Crippen LogP contribution < -0.4 is 0 Å². The first-order chi connectivity index (χ1) is 9.94. The van der Waals surface area contributed by atoms with Gasteiger partial charge in [0.25, 0.3) is 0 Å². The van der Waals surface area contributed by atoms with Gasteiger partial charge in [0.1, 0.15) is 12.5 Å². The molecule has 21 heavy (non-hydrogen) atoms. The number of carbonyl (C=O) groups is 2. The van der Waals surface area contributed by atoms with Crippen LogP contribution in [0.25, 0.3) is 0 Å². The van der Waals surface area contributed by atoms with Gasteiger partial charge in [-0.1, -0.05) is 43.0 Å². The maximum Gasteiger partial charge on any atom is 0.317 e. The van der Waals surface area contributed by atoms with Gasteiger partial charge in [0.15, 0.2) is 5.78 Å². The zero-order valence-corrected chi connectivity index (χ0v) is 12.1. The minimum Gasteiger partial charge on any atom is -0.461 e. The van der Waals surface area contributed by atoms with Gasteiger partial charge in [0.05, 0.1) is 5.60 Å². The van der Waals surface area contributed by atoms with E-state index in [0.29, 0.717) is 6.42 Å². The molecular weight excluding hydrogens is 268 g/mol. The van der Waals surface area contributed by atoms with Crippen LogP contribution in [0, 0.1) is 5.92 Å². The van der Waals surface area contributed by atoms with Crippen molar-refractivity contribution in [3.8, 4) is 0 Å². The molecule has 0 heterocycles. The molecule has 1 aromatic carbocycles. The lowest BCUT2D eigenvalue weighted by atomic mass is 9.69. The first kappa shape index (κ1) is 15.4. The Kier molecular flexibility index (Phi) is 4.58. The highest BCUT2D eigenvalue weighted by atomic mass is 16.5. The smallest absolute Gasteiger partial charge is 0.317 e. The number of aliphatic hydroxyl groups is 1. The maximum atomic E-state index is 12.3. The number of hydrogen-bond donors (Lipinski definition) is 1. The Morgan fingerprint density at radius 3 is 2.76 bits per heavy atom. The lowest BCUT2D eigenvalue weighted by molar-refractivity contribution is -0.156. The van der Waals surface area contributed by atoms with Crippen molar-refractivity contribution in [3.05, 3.63) is 48.6 Å². The minimum atomic E-state index is -1.09. The second kappa shape index (κ2) is 6.22. The molecule has 0 saturated heterocycles. The van der Waals surface area contributed by atoms with Gasteiger partial charge in [0, 0.05) is 12.3 Å². The summed E-state index contributed by atoms with van der Waals surface area (Å²) in [5, 5.41) is 10.3. The molecule has 1 aliphatic carbocycles. The molecule has 1 fully saturated rings. The minimum absolute atomic E-state index is 0.0236. The topological polar surface area (TPSA) is 63.6 Å². The Morgan fingerprint density at radius 2 is 2.14 bits per heavy atom. The molecule has 4 nitrogen and oxygen atoms in total. The number of benzene rings is 1. The standard InChI is InChI=1S/C17H20O4/c1-3-9-21-16(19)15-13(12-7-5-4-6-8-12)10-17(2,20)11-14(15)18/h3-8,13,15,20H,1,9-11H2,2H3/t13-,15-,17-/m0/s1. The Balaban J connectivity index is 2.32. The Bertz CT molecular complexity index is 533. The van der Waals surface area contributed by atoms with Crippen LogP contribution in [0.5, 0.6) is 0 Å². The molecule has 1 aromatic rings. The zero-order chi connectivity index (χ0) is 15.5. The largest absolute Gasteiger partial charge is 0.461 e. The SMILES string of the molecule is C=CCOC(=O)[C@@H]1C(=O)C[C@@](C)(O)C[C@H]1c1ccccc1. The molecule has 0 radical (unpaired) electrons. The molecule has 4 heteroatoms. The number of rotatable bonds is 4. The predicted octanol–water partition coefficient (Wildman–Crippen LogP) is 2.23. The summed E-state index contributed by atoms with van der Waals surface area (Å²) in [6.07, 6.45) is 1.81. The second-order valence-corrected chi connectivity index (χ2v) is 5.76. The van der Waals surface area contributed by atoms with Gasteiger partial charge < -0.3 is 9.84 Å². The average molecular weight is 288 g/mol. The highest BCUT2D eigenvalue weighted by Crippen LogP contribution is 2.41. The predicted molar refractivity (Wildman–Crippen MR) is 78.7 cm³/mol. The molecule has 0 unspecified atom stereocenters. The van der Waals surface area contributed by atoms with Crippen LogP contribution in [0.15, 0.2) is 43.0 Å². The van der Waals surface area contributed by atoms with Crippen molar-refractivity contribution in [2.75, 3.05) is 6.61 Å². The van der Waals surface area contributed by atoms with Gasteiger partial charge in [0.2, 0.25) is 0 Å². The van der Waals surface area contributed by atoms with Crippen molar-refractivity contribution in [1.82, 2.24) is 0 Å². The van der Waals surface area contributed by atoms with E-state index in [1.807, 2.05) is 30.3 Å². The molecule has 1 N–H and O–H groups in total. The van der Waals surface area contributed by atoms with Crippen LogP contribution in [0.3, 0.4) is 0 Å². The van der Waals surface area contributed by atoms with Crippen LogP contribution in [-0.2, 0) is 14.3 Å². The highest BCUT2D eigenvalue weighted by molar-refractivity contribution is 6.01. The second-order valence-electron chi connectivity index (χ2n) is 5.76. The van der Waals surface area contributed by atoms with Crippen molar-refractivity contribution in [3.63, 3.8) is 0 Å². The van der Waals surface area contributed by atoms with Crippen molar-refractivity contribution in [1.29, 1.82) is 0 Å². The Morgan fingerprint density at radius 1 is 1.48 bits per heavy atom. The van der Waals surface area contributed by atoms with E-state index in [1.54, 1.807) is 6.92 Å². The Labute approximate surface area is 124 Å². The molecular formula is C17H20O4.